The first-order valence-electron chi connectivity index (χ1n) is 5.66. The summed E-state index contributed by atoms with van der Waals surface area (Å²) in [7, 11) is 1.93. The highest BCUT2D eigenvalue weighted by molar-refractivity contribution is 7.18. The third-order valence-electron chi connectivity index (χ3n) is 2.26. The summed E-state index contributed by atoms with van der Waals surface area (Å²) in [4.78, 5) is 0. The minimum atomic E-state index is 0.350. The van der Waals surface area contributed by atoms with Gasteiger partial charge in [-0.15, -0.1) is 10.2 Å². The van der Waals surface area contributed by atoms with Gasteiger partial charge in [0, 0.05) is 18.7 Å². The van der Waals surface area contributed by atoms with Crippen LogP contribution in [-0.4, -0.2) is 23.3 Å². The lowest BCUT2D eigenvalue weighted by molar-refractivity contribution is 0.578. The standard InChI is InChI=1S/C12H15ClN4S/c1-8(2)16-17(3)12-15-14-11(18-12)9-6-4-5-7-10(9)13/h4-8,16H,1-3H3. The maximum absolute atomic E-state index is 6.14. The van der Waals surface area contributed by atoms with E-state index in [4.69, 9.17) is 11.6 Å². The van der Waals surface area contributed by atoms with Crippen LogP contribution in [-0.2, 0) is 0 Å². The van der Waals surface area contributed by atoms with Gasteiger partial charge in [-0.25, -0.2) is 5.43 Å². The van der Waals surface area contributed by atoms with Crippen molar-refractivity contribution in [3.63, 3.8) is 0 Å². The van der Waals surface area contributed by atoms with E-state index in [0.29, 0.717) is 11.1 Å². The number of anilines is 1. The minimum Gasteiger partial charge on any atom is -0.285 e. The van der Waals surface area contributed by atoms with Crippen LogP contribution >= 0.6 is 22.9 Å². The Morgan fingerprint density at radius 3 is 2.67 bits per heavy atom. The highest BCUT2D eigenvalue weighted by Crippen LogP contribution is 2.32. The first-order valence-corrected chi connectivity index (χ1v) is 6.85. The molecule has 18 heavy (non-hydrogen) atoms. The first-order chi connectivity index (χ1) is 8.58. The van der Waals surface area contributed by atoms with Crippen molar-refractivity contribution < 1.29 is 0 Å². The van der Waals surface area contributed by atoms with Crippen LogP contribution < -0.4 is 10.4 Å². The largest absolute Gasteiger partial charge is 0.285 e. The highest BCUT2D eigenvalue weighted by atomic mass is 35.5. The molecular formula is C12H15ClN4S. The summed E-state index contributed by atoms with van der Waals surface area (Å²) in [5.41, 5.74) is 4.16. The summed E-state index contributed by atoms with van der Waals surface area (Å²) < 4.78 is 0. The first kappa shape index (κ1) is 13.3. The molecule has 0 aliphatic carbocycles. The third-order valence-corrected chi connectivity index (χ3v) is 3.62. The van der Waals surface area contributed by atoms with E-state index in [1.807, 2.05) is 36.3 Å². The van der Waals surface area contributed by atoms with Crippen molar-refractivity contribution in [3.8, 4) is 10.6 Å². The van der Waals surface area contributed by atoms with Gasteiger partial charge in [0.2, 0.25) is 5.13 Å². The average Bonchev–Trinajstić information content (AvgIpc) is 2.78. The Morgan fingerprint density at radius 1 is 1.28 bits per heavy atom. The van der Waals surface area contributed by atoms with Crippen molar-refractivity contribution in [1.82, 2.24) is 15.6 Å². The number of rotatable bonds is 4. The molecule has 4 nitrogen and oxygen atoms in total. The quantitative estimate of drug-likeness (QED) is 0.875. The second-order valence-corrected chi connectivity index (χ2v) is 5.58. The molecule has 0 radical (unpaired) electrons. The van der Waals surface area contributed by atoms with E-state index in [1.165, 1.54) is 11.3 Å². The van der Waals surface area contributed by atoms with Crippen LogP contribution in [0.1, 0.15) is 13.8 Å². The molecule has 0 unspecified atom stereocenters. The van der Waals surface area contributed by atoms with Crippen molar-refractivity contribution in [1.29, 1.82) is 0 Å². The zero-order chi connectivity index (χ0) is 13.1. The molecule has 2 rings (SSSR count). The van der Waals surface area contributed by atoms with Crippen LogP contribution in [0.4, 0.5) is 5.13 Å². The molecule has 0 aliphatic rings. The van der Waals surface area contributed by atoms with Crippen molar-refractivity contribution in [2.75, 3.05) is 12.1 Å². The van der Waals surface area contributed by atoms with Gasteiger partial charge in [-0.2, -0.15) is 0 Å². The summed E-state index contributed by atoms with van der Waals surface area (Å²) in [6.45, 7) is 4.15. The van der Waals surface area contributed by atoms with Crippen LogP contribution in [0.2, 0.25) is 5.02 Å². The second-order valence-electron chi connectivity index (χ2n) is 4.21. The number of hydrazine groups is 1. The smallest absolute Gasteiger partial charge is 0.222 e. The molecule has 1 aromatic carbocycles. The van der Waals surface area contributed by atoms with E-state index in [9.17, 15) is 0 Å². The molecule has 0 spiro atoms. The number of hydrogen-bond acceptors (Lipinski definition) is 5. The van der Waals surface area contributed by atoms with Crippen molar-refractivity contribution in [2.45, 2.75) is 19.9 Å². The molecule has 0 saturated carbocycles. The summed E-state index contributed by atoms with van der Waals surface area (Å²) in [5, 5.41) is 12.6. The third kappa shape index (κ3) is 2.98. The lowest BCUT2D eigenvalue weighted by Gasteiger charge is -2.19. The van der Waals surface area contributed by atoms with Gasteiger partial charge in [0.1, 0.15) is 0 Å². The number of halogens is 1. The van der Waals surface area contributed by atoms with E-state index in [1.54, 1.807) is 0 Å². The SMILES string of the molecule is CC(C)NN(C)c1nnc(-c2ccccc2Cl)s1. The minimum absolute atomic E-state index is 0.350. The van der Waals surface area contributed by atoms with Crippen molar-refractivity contribution >= 4 is 28.1 Å². The number of benzene rings is 1. The lowest BCUT2D eigenvalue weighted by atomic mass is 10.2. The molecule has 0 bridgehead atoms. The molecule has 1 aromatic heterocycles. The predicted octanol–water partition coefficient (Wildman–Crippen LogP) is 3.21. The molecule has 96 valence electrons. The Labute approximate surface area is 116 Å². The Morgan fingerprint density at radius 2 is 2.00 bits per heavy atom. The van der Waals surface area contributed by atoms with E-state index in [0.717, 1.165) is 15.7 Å². The van der Waals surface area contributed by atoms with Gasteiger partial charge in [-0.1, -0.05) is 41.1 Å². The van der Waals surface area contributed by atoms with Gasteiger partial charge < -0.3 is 0 Å². The molecule has 0 saturated heterocycles. The van der Waals surface area contributed by atoms with Gasteiger partial charge in [0.15, 0.2) is 5.01 Å². The highest BCUT2D eigenvalue weighted by Gasteiger charge is 2.12. The monoisotopic (exact) mass is 282 g/mol. The predicted molar refractivity (Wildman–Crippen MR) is 77.0 cm³/mol. The van der Waals surface area contributed by atoms with E-state index < -0.39 is 0 Å². The summed E-state index contributed by atoms with van der Waals surface area (Å²) in [5.74, 6) is 0. The second kappa shape index (κ2) is 5.65. The molecule has 6 heteroatoms. The number of hydrogen-bond donors (Lipinski definition) is 1. The van der Waals surface area contributed by atoms with Crippen LogP contribution in [0.25, 0.3) is 10.6 Å². The van der Waals surface area contributed by atoms with Crippen LogP contribution in [0.15, 0.2) is 24.3 Å². The lowest BCUT2D eigenvalue weighted by Crippen LogP contribution is -2.39. The van der Waals surface area contributed by atoms with Gasteiger partial charge in [-0.3, -0.25) is 5.01 Å². The Kier molecular flexibility index (Phi) is 4.16. The number of nitrogens with zero attached hydrogens (tertiary/aromatic N) is 3. The molecule has 0 fully saturated rings. The van der Waals surface area contributed by atoms with Crippen molar-refractivity contribution in [2.24, 2.45) is 0 Å². The maximum Gasteiger partial charge on any atom is 0.222 e. The summed E-state index contributed by atoms with van der Waals surface area (Å²) in [6, 6.07) is 8.00. The molecule has 0 aliphatic heterocycles. The van der Waals surface area contributed by atoms with Crippen molar-refractivity contribution in [3.05, 3.63) is 29.3 Å². The van der Waals surface area contributed by atoms with Gasteiger partial charge in [0.05, 0.1) is 5.02 Å². The molecule has 2 aromatic rings. The molecule has 1 N–H and O–H groups in total. The fourth-order valence-corrected chi connectivity index (χ4v) is 2.63. The molecule has 0 amide bonds. The van der Waals surface area contributed by atoms with E-state index in [-0.39, 0.29) is 0 Å². The molecular weight excluding hydrogens is 268 g/mol. The summed E-state index contributed by atoms with van der Waals surface area (Å²) >= 11 is 7.65. The summed E-state index contributed by atoms with van der Waals surface area (Å²) in [6.07, 6.45) is 0. The average molecular weight is 283 g/mol. The van der Waals surface area contributed by atoms with Gasteiger partial charge >= 0.3 is 0 Å². The normalized spacial score (nSPS) is 10.9. The molecule has 0 atom stereocenters. The van der Waals surface area contributed by atoms with E-state index in [2.05, 4.69) is 29.5 Å². The number of nitrogens with one attached hydrogen (secondary N) is 1. The Bertz CT molecular complexity index is 526. The maximum atomic E-state index is 6.14. The Balaban J connectivity index is 2.23. The van der Waals surface area contributed by atoms with Crippen LogP contribution in [0.5, 0.6) is 0 Å². The number of aromatic nitrogens is 2. The van der Waals surface area contributed by atoms with Gasteiger partial charge in [-0.05, 0) is 19.9 Å². The van der Waals surface area contributed by atoms with Crippen LogP contribution in [0.3, 0.4) is 0 Å². The fraction of sp³-hybridized carbons (Fsp3) is 0.333. The topological polar surface area (TPSA) is 41.0 Å². The molecule has 1 heterocycles. The Hall–Kier alpha value is -1.17. The van der Waals surface area contributed by atoms with Crippen LogP contribution in [0, 0.1) is 0 Å². The zero-order valence-electron chi connectivity index (χ0n) is 10.5. The fourth-order valence-electron chi connectivity index (χ4n) is 1.54. The van der Waals surface area contributed by atoms with E-state index >= 15 is 0 Å². The van der Waals surface area contributed by atoms with Gasteiger partial charge in [0.25, 0.3) is 0 Å². The zero-order valence-corrected chi connectivity index (χ0v) is 12.1.